The van der Waals surface area contributed by atoms with Gasteiger partial charge in [-0.25, -0.2) is 9.89 Å². The van der Waals surface area contributed by atoms with Crippen molar-refractivity contribution >= 4 is 0 Å². The van der Waals surface area contributed by atoms with E-state index in [4.69, 9.17) is 0 Å². The van der Waals surface area contributed by atoms with Crippen molar-refractivity contribution in [3.63, 3.8) is 0 Å². The van der Waals surface area contributed by atoms with Gasteiger partial charge in [0.05, 0.1) is 6.54 Å². The molecule has 0 saturated carbocycles. The summed E-state index contributed by atoms with van der Waals surface area (Å²) in [7, 11) is 0. The van der Waals surface area contributed by atoms with Gasteiger partial charge in [0.25, 0.3) is 0 Å². The minimum Gasteiger partial charge on any atom is -0.296 e. The number of hydrogen-bond donors (Lipinski definition) is 1. The van der Waals surface area contributed by atoms with Crippen molar-refractivity contribution in [2.75, 3.05) is 0 Å². The molecule has 3 aromatic heterocycles. The highest BCUT2D eigenvalue weighted by Crippen LogP contribution is 2.29. The summed E-state index contributed by atoms with van der Waals surface area (Å²) in [4.78, 5) is 17.5. The lowest BCUT2D eigenvalue weighted by molar-refractivity contribution is 0.566. The molecule has 0 bridgehead atoms. The lowest BCUT2D eigenvalue weighted by Gasteiger charge is -2.10. The molecule has 172 valence electrons. The first-order chi connectivity index (χ1) is 16.1. The second-order valence-corrected chi connectivity index (χ2v) is 8.38. The van der Waals surface area contributed by atoms with Gasteiger partial charge in [-0.2, -0.15) is 0 Å². The van der Waals surface area contributed by atoms with E-state index in [1.54, 1.807) is 12.4 Å². The van der Waals surface area contributed by atoms with Crippen molar-refractivity contribution in [1.29, 1.82) is 0 Å². The molecular formula is C25H31N7O. The molecule has 3 heterocycles. The van der Waals surface area contributed by atoms with E-state index in [1.165, 1.54) is 0 Å². The van der Waals surface area contributed by atoms with Gasteiger partial charge in [-0.1, -0.05) is 57.4 Å². The van der Waals surface area contributed by atoms with Crippen LogP contribution in [-0.4, -0.2) is 34.7 Å². The summed E-state index contributed by atoms with van der Waals surface area (Å²) in [6, 6.07) is 10.3. The van der Waals surface area contributed by atoms with E-state index in [0.29, 0.717) is 12.4 Å². The average molecular weight is 446 g/mol. The minimum absolute atomic E-state index is 0.102. The van der Waals surface area contributed by atoms with Crippen LogP contribution in [0.25, 0.3) is 22.5 Å². The smallest absolute Gasteiger partial charge is 0.296 e. The molecule has 0 amide bonds. The zero-order valence-corrected chi connectivity index (χ0v) is 19.6. The highest BCUT2D eigenvalue weighted by atomic mass is 16.1. The number of rotatable bonds is 10. The number of pyridine rings is 1. The van der Waals surface area contributed by atoms with Gasteiger partial charge < -0.3 is 0 Å². The van der Waals surface area contributed by atoms with E-state index in [0.717, 1.165) is 72.3 Å². The van der Waals surface area contributed by atoms with E-state index in [9.17, 15) is 4.79 Å². The standard InChI is InChI=1S/C25H31N7O/c1-4-6-7-15-31-18(3)23(8-5-2)32(25(31)33)17-19-9-11-20(12-10-19)21-13-14-26-16-22(21)24-27-29-30-28-24/h9-14,16H,4-8,15,17H2,1-3H3,(H,27,28,29,30). The Morgan fingerprint density at radius 1 is 0.970 bits per heavy atom. The summed E-state index contributed by atoms with van der Waals surface area (Å²) in [6.45, 7) is 7.80. The van der Waals surface area contributed by atoms with Gasteiger partial charge in [0.15, 0.2) is 5.82 Å². The minimum atomic E-state index is 0.102. The molecule has 4 rings (SSSR count). The predicted molar refractivity (Wildman–Crippen MR) is 129 cm³/mol. The summed E-state index contributed by atoms with van der Waals surface area (Å²) < 4.78 is 3.92. The molecule has 0 spiro atoms. The number of aromatic amines is 1. The summed E-state index contributed by atoms with van der Waals surface area (Å²) in [5.41, 5.74) is 6.34. The first kappa shape index (κ1) is 22.6. The van der Waals surface area contributed by atoms with E-state index in [2.05, 4.69) is 70.6 Å². The van der Waals surface area contributed by atoms with Crippen LogP contribution >= 0.6 is 0 Å². The number of imidazole rings is 1. The third-order valence-electron chi connectivity index (χ3n) is 6.11. The molecule has 0 aliphatic rings. The van der Waals surface area contributed by atoms with Crippen LogP contribution in [0.2, 0.25) is 0 Å². The topological polar surface area (TPSA) is 94.3 Å². The van der Waals surface area contributed by atoms with Crippen molar-refractivity contribution in [2.45, 2.75) is 66.0 Å². The highest BCUT2D eigenvalue weighted by molar-refractivity contribution is 5.79. The number of nitrogens with one attached hydrogen (secondary N) is 1. The van der Waals surface area contributed by atoms with Crippen LogP contribution in [0.15, 0.2) is 47.5 Å². The molecule has 0 radical (unpaired) electrons. The second-order valence-electron chi connectivity index (χ2n) is 8.38. The van der Waals surface area contributed by atoms with Gasteiger partial charge in [0, 0.05) is 35.9 Å². The van der Waals surface area contributed by atoms with Gasteiger partial charge >= 0.3 is 5.69 Å². The first-order valence-corrected chi connectivity index (χ1v) is 11.7. The Balaban J connectivity index is 1.62. The summed E-state index contributed by atoms with van der Waals surface area (Å²) in [5, 5.41) is 14.2. The zero-order valence-electron chi connectivity index (χ0n) is 19.6. The predicted octanol–water partition coefficient (Wildman–Crippen LogP) is 4.39. The fourth-order valence-corrected chi connectivity index (χ4v) is 4.34. The van der Waals surface area contributed by atoms with Crippen LogP contribution in [-0.2, 0) is 19.5 Å². The van der Waals surface area contributed by atoms with E-state index in [1.807, 2.05) is 15.2 Å². The van der Waals surface area contributed by atoms with Crippen molar-refractivity contribution in [3.05, 3.63) is 70.2 Å². The number of nitrogens with zero attached hydrogens (tertiary/aromatic N) is 6. The van der Waals surface area contributed by atoms with E-state index in [-0.39, 0.29) is 5.69 Å². The number of benzene rings is 1. The maximum atomic E-state index is 13.2. The normalized spacial score (nSPS) is 11.2. The molecule has 0 saturated heterocycles. The molecule has 0 atom stereocenters. The Kier molecular flexibility index (Phi) is 7.12. The molecule has 0 fully saturated rings. The summed E-state index contributed by atoms with van der Waals surface area (Å²) in [5.74, 6) is 0.581. The van der Waals surface area contributed by atoms with Crippen molar-refractivity contribution in [1.82, 2.24) is 34.7 Å². The van der Waals surface area contributed by atoms with Crippen LogP contribution in [0.5, 0.6) is 0 Å². The molecule has 0 aliphatic heterocycles. The van der Waals surface area contributed by atoms with E-state index >= 15 is 0 Å². The number of hydrogen-bond acceptors (Lipinski definition) is 5. The Bertz CT molecular complexity index is 1240. The van der Waals surface area contributed by atoms with Gasteiger partial charge in [-0.3, -0.25) is 14.1 Å². The molecular weight excluding hydrogens is 414 g/mol. The van der Waals surface area contributed by atoms with Crippen LogP contribution in [0.4, 0.5) is 0 Å². The number of tetrazole rings is 1. The molecule has 4 aromatic rings. The molecule has 0 aliphatic carbocycles. The van der Waals surface area contributed by atoms with Gasteiger partial charge in [0.1, 0.15) is 0 Å². The van der Waals surface area contributed by atoms with Crippen LogP contribution < -0.4 is 5.69 Å². The second kappa shape index (κ2) is 10.4. The Morgan fingerprint density at radius 2 is 1.79 bits per heavy atom. The van der Waals surface area contributed by atoms with Gasteiger partial charge in [0.2, 0.25) is 0 Å². The third kappa shape index (κ3) is 4.79. The first-order valence-electron chi connectivity index (χ1n) is 11.7. The Labute approximate surface area is 193 Å². The fraction of sp³-hybridized carbons (Fsp3) is 0.400. The van der Waals surface area contributed by atoms with Crippen LogP contribution in [0.1, 0.15) is 56.5 Å². The quantitative estimate of drug-likeness (QED) is 0.365. The SMILES string of the molecule is CCCCCn1c(C)c(CCC)n(Cc2ccc(-c3ccncc3-c3nnn[nH]3)cc2)c1=O. The maximum Gasteiger partial charge on any atom is 0.328 e. The molecule has 8 heteroatoms. The lowest BCUT2D eigenvalue weighted by atomic mass is 10.00. The molecule has 1 N–H and O–H groups in total. The number of aromatic nitrogens is 7. The fourth-order valence-electron chi connectivity index (χ4n) is 4.34. The Hall–Kier alpha value is -3.55. The van der Waals surface area contributed by atoms with Crippen molar-refractivity contribution in [3.8, 4) is 22.5 Å². The third-order valence-corrected chi connectivity index (χ3v) is 6.11. The van der Waals surface area contributed by atoms with Crippen molar-refractivity contribution in [2.24, 2.45) is 0 Å². The molecule has 0 unspecified atom stereocenters. The van der Waals surface area contributed by atoms with Crippen molar-refractivity contribution < 1.29 is 0 Å². The molecule has 8 nitrogen and oxygen atoms in total. The summed E-state index contributed by atoms with van der Waals surface area (Å²) in [6.07, 6.45) is 8.77. The molecule has 33 heavy (non-hydrogen) atoms. The number of H-pyrrole nitrogens is 1. The average Bonchev–Trinajstić information content (AvgIpc) is 3.45. The zero-order chi connectivity index (χ0) is 23.2. The lowest BCUT2D eigenvalue weighted by Crippen LogP contribution is -2.26. The molecule has 1 aromatic carbocycles. The monoisotopic (exact) mass is 445 g/mol. The van der Waals surface area contributed by atoms with Crippen LogP contribution in [0, 0.1) is 6.92 Å². The van der Waals surface area contributed by atoms with Gasteiger partial charge in [-0.05, 0) is 52.9 Å². The summed E-state index contributed by atoms with van der Waals surface area (Å²) >= 11 is 0. The Morgan fingerprint density at radius 3 is 2.48 bits per heavy atom. The highest BCUT2D eigenvalue weighted by Gasteiger charge is 2.17. The van der Waals surface area contributed by atoms with Gasteiger partial charge in [-0.15, -0.1) is 5.10 Å². The largest absolute Gasteiger partial charge is 0.328 e. The van der Waals surface area contributed by atoms with E-state index < -0.39 is 0 Å². The van der Waals surface area contributed by atoms with Crippen LogP contribution in [0.3, 0.4) is 0 Å². The number of unbranched alkanes of at least 4 members (excludes halogenated alkanes) is 2. The maximum absolute atomic E-state index is 13.2.